The fraction of sp³-hybridized carbons (Fsp3) is 0.312. The minimum Gasteiger partial charge on any atom is -0.337 e. The highest BCUT2D eigenvalue weighted by molar-refractivity contribution is 7.90. The molecule has 22 heavy (non-hydrogen) atoms. The standard InChI is InChI=1S/C16H18N2O3S/c1-12-3-5-15(6-4-12)22(20,21)18-10-8-14-7-9-17(13(2)19)11-16(14)18/h3-6,8,10H,7,9,11H2,1-2H3. The number of hydrogen-bond donors (Lipinski definition) is 0. The van der Waals surface area contributed by atoms with Crippen LogP contribution in [-0.4, -0.2) is 29.7 Å². The largest absolute Gasteiger partial charge is 0.337 e. The zero-order valence-corrected chi connectivity index (χ0v) is 13.4. The molecule has 5 nitrogen and oxygen atoms in total. The summed E-state index contributed by atoms with van der Waals surface area (Å²) in [7, 11) is -3.62. The van der Waals surface area contributed by atoms with Crippen molar-refractivity contribution < 1.29 is 13.2 Å². The normalized spacial score (nSPS) is 14.7. The third-order valence-corrected chi connectivity index (χ3v) is 5.79. The molecule has 116 valence electrons. The van der Waals surface area contributed by atoms with Crippen molar-refractivity contribution in [2.45, 2.75) is 31.7 Å². The number of nitrogens with zero attached hydrogens (tertiary/aromatic N) is 2. The summed E-state index contributed by atoms with van der Waals surface area (Å²) in [6, 6.07) is 8.62. The Labute approximate surface area is 130 Å². The lowest BCUT2D eigenvalue weighted by Crippen LogP contribution is -2.35. The van der Waals surface area contributed by atoms with Gasteiger partial charge in [-0.15, -0.1) is 0 Å². The number of amides is 1. The van der Waals surface area contributed by atoms with Crippen molar-refractivity contribution in [2.24, 2.45) is 0 Å². The molecule has 0 saturated carbocycles. The van der Waals surface area contributed by atoms with Crippen molar-refractivity contribution in [3.63, 3.8) is 0 Å². The van der Waals surface area contributed by atoms with Crippen LogP contribution in [0.5, 0.6) is 0 Å². The number of hydrogen-bond acceptors (Lipinski definition) is 3. The van der Waals surface area contributed by atoms with Gasteiger partial charge in [-0.1, -0.05) is 17.7 Å². The summed E-state index contributed by atoms with van der Waals surface area (Å²) in [5, 5.41) is 0. The second-order valence-corrected chi connectivity index (χ2v) is 7.41. The lowest BCUT2D eigenvalue weighted by molar-refractivity contribution is -0.129. The van der Waals surface area contributed by atoms with Gasteiger partial charge < -0.3 is 4.90 Å². The van der Waals surface area contributed by atoms with E-state index in [9.17, 15) is 13.2 Å². The molecule has 1 aliphatic rings. The van der Waals surface area contributed by atoms with E-state index >= 15 is 0 Å². The first kappa shape index (κ1) is 14.8. The van der Waals surface area contributed by atoms with E-state index in [1.807, 2.05) is 13.0 Å². The molecule has 0 fully saturated rings. The first-order chi connectivity index (χ1) is 10.4. The Bertz CT molecular complexity index is 820. The Morgan fingerprint density at radius 2 is 1.82 bits per heavy atom. The van der Waals surface area contributed by atoms with Gasteiger partial charge in [-0.2, -0.15) is 0 Å². The van der Waals surface area contributed by atoms with Crippen LogP contribution in [0, 0.1) is 6.92 Å². The molecule has 2 heterocycles. The summed E-state index contributed by atoms with van der Waals surface area (Å²) in [5.41, 5.74) is 2.69. The van der Waals surface area contributed by atoms with Crippen molar-refractivity contribution in [1.82, 2.24) is 8.87 Å². The van der Waals surface area contributed by atoms with Crippen LogP contribution in [0.15, 0.2) is 41.4 Å². The molecule has 0 aliphatic carbocycles. The van der Waals surface area contributed by atoms with E-state index in [0.29, 0.717) is 25.2 Å². The van der Waals surface area contributed by atoms with Crippen molar-refractivity contribution in [2.75, 3.05) is 6.54 Å². The Hall–Kier alpha value is -2.08. The molecule has 1 aliphatic heterocycles. The van der Waals surface area contributed by atoms with Gasteiger partial charge in [0.25, 0.3) is 10.0 Å². The summed E-state index contributed by atoms with van der Waals surface area (Å²) in [6.07, 6.45) is 2.27. The number of aryl methyl sites for hydroxylation is 1. The summed E-state index contributed by atoms with van der Waals surface area (Å²) in [4.78, 5) is 13.5. The Morgan fingerprint density at radius 3 is 2.45 bits per heavy atom. The van der Waals surface area contributed by atoms with Crippen molar-refractivity contribution in [1.29, 1.82) is 0 Å². The van der Waals surface area contributed by atoms with E-state index in [1.165, 1.54) is 10.9 Å². The number of carbonyl (C=O) groups excluding carboxylic acids is 1. The lowest BCUT2D eigenvalue weighted by Gasteiger charge is -2.27. The Morgan fingerprint density at radius 1 is 1.14 bits per heavy atom. The maximum absolute atomic E-state index is 12.8. The van der Waals surface area contributed by atoms with Gasteiger partial charge in [0, 0.05) is 19.7 Å². The van der Waals surface area contributed by atoms with Crippen LogP contribution in [0.3, 0.4) is 0 Å². The fourth-order valence-corrected chi connectivity index (χ4v) is 4.11. The Kier molecular flexibility index (Phi) is 3.56. The molecule has 0 bridgehead atoms. The fourth-order valence-electron chi connectivity index (χ4n) is 2.72. The zero-order valence-electron chi connectivity index (χ0n) is 12.6. The number of benzene rings is 1. The van der Waals surface area contributed by atoms with Crippen molar-refractivity contribution in [3.05, 3.63) is 53.3 Å². The molecule has 0 unspecified atom stereocenters. The topological polar surface area (TPSA) is 59.4 Å². The highest BCUT2D eigenvalue weighted by Gasteiger charge is 2.26. The van der Waals surface area contributed by atoms with E-state index in [2.05, 4.69) is 0 Å². The summed E-state index contributed by atoms with van der Waals surface area (Å²) < 4.78 is 26.9. The van der Waals surface area contributed by atoms with Crippen LogP contribution in [-0.2, 0) is 27.8 Å². The summed E-state index contributed by atoms with van der Waals surface area (Å²) in [6.45, 7) is 4.39. The molecule has 2 aromatic rings. The number of rotatable bonds is 2. The smallest absolute Gasteiger partial charge is 0.267 e. The molecule has 0 radical (unpaired) electrons. The third kappa shape index (κ3) is 2.43. The maximum Gasteiger partial charge on any atom is 0.267 e. The van der Waals surface area contributed by atoms with Crippen molar-refractivity contribution in [3.8, 4) is 0 Å². The monoisotopic (exact) mass is 318 g/mol. The molecule has 1 aromatic heterocycles. The van der Waals surface area contributed by atoms with Gasteiger partial charge in [0.15, 0.2) is 0 Å². The van der Waals surface area contributed by atoms with Gasteiger partial charge >= 0.3 is 0 Å². The lowest BCUT2D eigenvalue weighted by atomic mass is 10.1. The van der Waals surface area contributed by atoms with Crippen LogP contribution in [0.2, 0.25) is 0 Å². The van der Waals surface area contributed by atoms with Crippen molar-refractivity contribution >= 4 is 15.9 Å². The van der Waals surface area contributed by atoms with Crippen LogP contribution in [0.1, 0.15) is 23.7 Å². The van der Waals surface area contributed by atoms with E-state index in [4.69, 9.17) is 0 Å². The number of fused-ring (bicyclic) bond motifs is 1. The van der Waals surface area contributed by atoms with Crippen LogP contribution in [0.4, 0.5) is 0 Å². The third-order valence-electron chi connectivity index (χ3n) is 4.06. The molecule has 6 heteroatoms. The maximum atomic E-state index is 12.8. The van der Waals surface area contributed by atoms with Gasteiger partial charge in [-0.3, -0.25) is 4.79 Å². The molecular formula is C16H18N2O3S. The second-order valence-electron chi connectivity index (χ2n) is 5.59. The average molecular weight is 318 g/mol. The predicted octanol–water partition coefficient (Wildman–Crippen LogP) is 1.94. The molecule has 3 rings (SSSR count). The van der Waals surface area contributed by atoms with Crippen LogP contribution >= 0.6 is 0 Å². The first-order valence-corrected chi connectivity index (χ1v) is 8.60. The van der Waals surface area contributed by atoms with Crippen LogP contribution < -0.4 is 0 Å². The molecular weight excluding hydrogens is 300 g/mol. The van der Waals surface area contributed by atoms with E-state index < -0.39 is 10.0 Å². The number of carbonyl (C=O) groups is 1. The summed E-state index contributed by atoms with van der Waals surface area (Å²) >= 11 is 0. The average Bonchev–Trinajstić information content (AvgIpc) is 2.91. The molecule has 1 aromatic carbocycles. The quantitative estimate of drug-likeness (QED) is 0.850. The van der Waals surface area contributed by atoms with Gasteiger partial charge in [-0.05, 0) is 37.1 Å². The van der Waals surface area contributed by atoms with Gasteiger partial charge in [0.1, 0.15) is 0 Å². The highest BCUT2D eigenvalue weighted by Crippen LogP contribution is 2.25. The van der Waals surface area contributed by atoms with Gasteiger partial charge in [-0.25, -0.2) is 12.4 Å². The van der Waals surface area contributed by atoms with E-state index in [-0.39, 0.29) is 10.8 Å². The minimum atomic E-state index is -3.62. The number of aromatic nitrogens is 1. The van der Waals surface area contributed by atoms with E-state index in [1.54, 1.807) is 35.4 Å². The van der Waals surface area contributed by atoms with Gasteiger partial charge in [0.05, 0.1) is 17.1 Å². The highest BCUT2D eigenvalue weighted by atomic mass is 32.2. The molecule has 0 spiro atoms. The molecule has 0 saturated heterocycles. The predicted molar refractivity (Wildman–Crippen MR) is 83.0 cm³/mol. The second kappa shape index (κ2) is 5.28. The molecule has 0 atom stereocenters. The molecule has 0 N–H and O–H groups in total. The zero-order chi connectivity index (χ0) is 15.9. The minimum absolute atomic E-state index is 0.0360. The summed E-state index contributed by atoms with van der Waals surface area (Å²) in [5.74, 6) is -0.0360. The van der Waals surface area contributed by atoms with Crippen LogP contribution in [0.25, 0.3) is 0 Å². The SMILES string of the molecule is CC(=O)N1CCc2ccn(S(=O)(=O)c3ccc(C)cc3)c2C1. The first-order valence-electron chi connectivity index (χ1n) is 7.16. The van der Waals surface area contributed by atoms with Gasteiger partial charge in [0.2, 0.25) is 5.91 Å². The van der Waals surface area contributed by atoms with E-state index in [0.717, 1.165) is 11.1 Å². The molecule has 1 amide bonds. The Balaban J connectivity index is 2.05.